The monoisotopic (exact) mass is 1970 g/mol. The normalized spacial score (nSPS) is 11.3. The predicted molar refractivity (Wildman–Crippen MR) is 579 cm³/mol. The van der Waals surface area contributed by atoms with Crippen LogP contribution >= 0.6 is 60.1 Å². The minimum atomic E-state index is -0.474. The fourth-order valence-electron chi connectivity index (χ4n) is 14.0. The number of carbonyl (C=O) groups excluding carboxylic acids is 7. The van der Waals surface area contributed by atoms with Gasteiger partial charge in [-0.1, -0.05) is 319 Å². The minimum absolute atomic E-state index is 0.0159. The number of aromatic hydroxyl groups is 7. The molecule has 0 saturated carbocycles. The molecule has 7 atom stereocenters. The number of ketones is 6. The van der Waals surface area contributed by atoms with Gasteiger partial charge in [0.15, 0.2) is 52.5 Å². The lowest BCUT2D eigenvalue weighted by Gasteiger charge is -2.23. The molecule has 0 heterocycles. The molecule has 24 heteroatoms. The summed E-state index contributed by atoms with van der Waals surface area (Å²) in [4.78, 5) is 80.8. The number of Topliss-reactive ketones (excluding diaryl/α,β-unsaturated/α-hetero) is 6. The van der Waals surface area contributed by atoms with Crippen LogP contribution in [0.1, 0.15) is 200 Å². The molecule has 14 rings (SSSR count). The molecular weight excluding hydrogens is 1850 g/mol. The van der Waals surface area contributed by atoms with Crippen molar-refractivity contribution in [1.82, 2.24) is 0 Å². The van der Waals surface area contributed by atoms with Gasteiger partial charge in [-0.25, -0.2) is 4.39 Å². The van der Waals surface area contributed by atoms with Crippen molar-refractivity contribution < 1.29 is 83.2 Å². The fraction of sp³-hybridized carbons (Fsp3) is 0.195. The van der Waals surface area contributed by atoms with Gasteiger partial charge in [0.25, 0.3) is 0 Å². The van der Waals surface area contributed by atoms with Gasteiger partial charge in [-0.3, -0.25) is 33.6 Å². The number of phenols is 7. The van der Waals surface area contributed by atoms with E-state index in [2.05, 4.69) is 47.6 Å². The highest BCUT2D eigenvalue weighted by atomic mass is 31.1. The van der Waals surface area contributed by atoms with Crippen molar-refractivity contribution in [3.05, 3.63) is 362 Å². The number of hydrogen-bond acceptors (Lipinski definition) is 16. The van der Waals surface area contributed by atoms with Crippen molar-refractivity contribution in [3.63, 3.8) is 0 Å². The first-order chi connectivity index (χ1) is 64.8. The lowest BCUT2D eigenvalue weighted by atomic mass is 9.85. The number of carbonyl (C=O) groups is 7. The summed E-state index contributed by atoms with van der Waals surface area (Å²) in [6, 6.07) is 83.2. The largest absolute Gasteiger partial charge is 0.507 e. The molecule has 710 valence electrons. The van der Waals surface area contributed by atoms with Gasteiger partial charge in [-0.05, 0) is 219 Å². The molecular formula is C113H120FO16P7. The number of ether oxygens (including phenoxy) is 2. The zero-order valence-corrected chi connectivity index (χ0v) is 87.7. The van der Waals surface area contributed by atoms with Gasteiger partial charge in [0.1, 0.15) is 46.1 Å². The minimum Gasteiger partial charge on any atom is -0.507 e. The lowest BCUT2D eigenvalue weighted by Crippen LogP contribution is -2.17. The van der Waals surface area contributed by atoms with Gasteiger partial charge in [0.05, 0.1) is 14.2 Å². The highest BCUT2D eigenvalue weighted by Crippen LogP contribution is 2.37. The summed E-state index contributed by atoms with van der Waals surface area (Å²) in [5.74, 6) is 2.62. The van der Waals surface area contributed by atoms with E-state index in [0.29, 0.717) is 71.4 Å². The number of benzene rings is 14. The van der Waals surface area contributed by atoms with Crippen LogP contribution in [0.3, 0.4) is 0 Å². The first-order valence-corrected chi connectivity index (χ1v) is 50.9. The van der Waals surface area contributed by atoms with Crippen molar-refractivity contribution in [1.29, 1.82) is 0 Å². The SMILES string of the molecule is CC(=O)c1ccccc1Pc1cc(C(C)(C)C)cc(C)c1O.CC(=O)c1ccccc1Pc1cc(C)cc(C(C)(C)C)c1O.CC(=O)c1ccccc1Pc1cc(C)cc(C)c1O.CC(=O)c1ccccc1Pc1cc(C)ccc1O.CC(=O)c1ccccc1Pc1cccc(C)c1O.CC(=O)c1ccccc1Pc1ccccc1O.COc1cc(OC)c(O)c(Pc2ccc(F)cc2C=O)c1. The third kappa shape index (κ3) is 32.3. The summed E-state index contributed by atoms with van der Waals surface area (Å²) in [5, 5.41) is 83.3. The number of para-hydroxylation sites is 2. The molecule has 7 N–H and O–H groups in total. The Labute approximate surface area is 816 Å². The van der Waals surface area contributed by atoms with Crippen LogP contribution in [0.25, 0.3) is 0 Å². The van der Waals surface area contributed by atoms with Crippen LogP contribution in [0.5, 0.6) is 51.7 Å². The summed E-state index contributed by atoms with van der Waals surface area (Å²) in [7, 11) is 4.62. The van der Waals surface area contributed by atoms with Crippen LogP contribution < -0.4 is 83.7 Å². The molecule has 0 saturated heterocycles. The fourth-order valence-corrected chi connectivity index (χ4v) is 23.5. The van der Waals surface area contributed by atoms with E-state index >= 15 is 0 Å². The van der Waals surface area contributed by atoms with Gasteiger partial charge in [0.2, 0.25) is 0 Å². The number of halogens is 1. The highest BCUT2D eigenvalue weighted by Gasteiger charge is 2.25. The van der Waals surface area contributed by atoms with Crippen LogP contribution in [-0.4, -0.2) is 91.0 Å². The maximum Gasteiger partial charge on any atom is 0.165 e. The second-order valence-corrected chi connectivity index (χ2v) is 43.7. The van der Waals surface area contributed by atoms with E-state index in [1.807, 2.05) is 260 Å². The average Bonchev–Trinajstić information content (AvgIpc) is 0.802. The van der Waals surface area contributed by atoms with Crippen LogP contribution in [0.2, 0.25) is 0 Å². The summed E-state index contributed by atoms with van der Waals surface area (Å²) in [6.45, 7) is 34.0. The van der Waals surface area contributed by atoms with E-state index in [4.69, 9.17) is 9.47 Å². The maximum atomic E-state index is 13.1. The zero-order valence-electron chi connectivity index (χ0n) is 80.7. The summed E-state index contributed by atoms with van der Waals surface area (Å²) in [6.07, 6.45) is 0.597. The zero-order chi connectivity index (χ0) is 101. The standard InChI is InChI=1S/2C19H23O2P.C16H17O2P.C15H14FO4P.2C15H15O2P.C14H13O2P/c1-12-10-14(19(3,4)5)11-17(18(12)21)22-16-9-7-6-8-15(16)13(2)20;1-12-10-15(19(3,4)5)18(21)17(11-12)22-16-9-7-6-8-14(16)13(2)20;1-10-8-11(2)16(18)15(9-10)19-14-7-5-4-6-13(14)12(3)17;1-19-11-6-12(20-2)15(18)14(7-11)21-13-4-3-10(16)5-9(13)8-17;1-10-6-5-9-14(15(10)17)18-13-8-4-3-7-12(13)11(2)16;1-10-7-8-13(17)15(9-10)18-14-6-4-3-5-12(14)11(2)16;1-10(15)11-6-2-4-8-13(11)17-14-9-5-3-7-12(14)16/h2*6-11,21-22H,1-5H3;4-9,18-19H,1-3H3;3-8,18,21H,1-2H3;2*3-9,17-18H,1-2H3;2-9,16-17H,1H3. The molecule has 0 aliphatic carbocycles. The lowest BCUT2D eigenvalue weighted by molar-refractivity contribution is 0.101. The highest BCUT2D eigenvalue weighted by molar-refractivity contribution is 7.58. The summed E-state index contributed by atoms with van der Waals surface area (Å²) in [5.41, 5.74) is 12.7. The third-order valence-corrected chi connectivity index (χ3v) is 30.9. The first kappa shape index (κ1) is 110. The Morgan fingerprint density at radius 2 is 0.620 bits per heavy atom. The van der Waals surface area contributed by atoms with Crippen molar-refractivity contribution in [3.8, 4) is 51.7 Å². The number of hydrogen-bond donors (Lipinski definition) is 7. The Morgan fingerprint density at radius 3 is 1.02 bits per heavy atom. The smallest absolute Gasteiger partial charge is 0.165 e. The molecule has 16 nitrogen and oxygen atoms in total. The van der Waals surface area contributed by atoms with E-state index in [9.17, 15) is 73.7 Å². The molecule has 14 aromatic carbocycles. The van der Waals surface area contributed by atoms with E-state index in [-0.39, 0.29) is 108 Å². The van der Waals surface area contributed by atoms with Crippen molar-refractivity contribution in [2.45, 2.75) is 135 Å². The second kappa shape index (κ2) is 51.9. The second-order valence-electron chi connectivity index (χ2n) is 34.4. The van der Waals surface area contributed by atoms with Gasteiger partial charge in [-0.2, -0.15) is 0 Å². The number of aryl methyl sites for hydroxylation is 6. The molecule has 14 aromatic rings. The van der Waals surface area contributed by atoms with Crippen molar-refractivity contribution in [2.75, 3.05) is 14.2 Å². The van der Waals surface area contributed by atoms with Gasteiger partial charge in [-0.15, -0.1) is 0 Å². The van der Waals surface area contributed by atoms with E-state index in [1.165, 1.54) is 38.0 Å². The van der Waals surface area contributed by atoms with Crippen LogP contribution in [0.4, 0.5) is 4.39 Å². The maximum absolute atomic E-state index is 13.1. The van der Waals surface area contributed by atoms with Gasteiger partial charge >= 0.3 is 0 Å². The van der Waals surface area contributed by atoms with Crippen LogP contribution in [0.15, 0.2) is 273 Å². The number of phenolic OH excluding ortho intramolecular Hbond substituents is 7. The predicted octanol–water partition coefficient (Wildman–Crippen LogP) is 19.8. The topological polar surface area (TPSA) is 280 Å². The number of aldehydes is 1. The molecule has 0 aliphatic heterocycles. The van der Waals surface area contributed by atoms with Crippen molar-refractivity contribution >= 4 is 175 Å². The average molecular weight is 1970 g/mol. The Hall–Kier alpha value is -12.1. The van der Waals surface area contributed by atoms with E-state index < -0.39 is 5.82 Å². The summed E-state index contributed by atoms with van der Waals surface area (Å²) < 4.78 is 23.4. The van der Waals surface area contributed by atoms with Crippen LogP contribution in [0, 0.1) is 47.4 Å². The molecule has 0 amide bonds. The first-order valence-electron chi connectivity index (χ1n) is 43.9. The molecule has 0 bridgehead atoms. The van der Waals surface area contributed by atoms with E-state index in [1.54, 1.807) is 71.9 Å². The summed E-state index contributed by atoms with van der Waals surface area (Å²) >= 11 is 0. The molecule has 7 unspecified atom stereocenters. The molecule has 0 fully saturated rings. The van der Waals surface area contributed by atoms with E-state index in [0.717, 1.165) is 136 Å². The molecule has 137 heavy (non-hydrogen) atoms. The molecule has 0 radical (unpaired) electrons. The Kier molecular flexibility index (Phi) is 41.8. The quantitative estimate of drug-likeness (QED) is 0.0178. The third-order valence-electron chi connectivity index (χ3n) is 21.3. The molecule has 0 spiro atoms. The Balaban J connectivity index is 0.000000197. The molecule has 0 aromatic heterocycles. The Bertz CT molecular complexity index is 6580. The number of methoxy groups -OCH3 is 2. The van der Waals surface area contributed by atoms with Gasteiger partial charge < -0.3 is 45.2 Å². The van der Waals surface area contributed by atoms with Gasteiger partial charge in [0, 0.05) is 87.7 Å². The van der Waals surface area contributed by atoms with Crippen molar-refractivity contribution in [2.24, 2.45) is 0 Å². The number of rotatable bonds is 23. The Morgan fingerprint density at radius 1 is 0.285 bits per heavy atom. The van der Waals surface area contributed by atoms with Crippen LogP contribution in [-0.2, 0) is 10.8 Å². The molecule has 0 aliphatic rings.